The Kier molecular flexibility index (Phi) is 5.72. The summed E-state index contributed by atoms with van der Waals surface area (Å²) in [4.78, 5) is 10.4. The lowest BCUT2D eigenvalue weighted by atomic mass is 10.1. The number of nitrogens with zero attached hydrogens (tertiary/aromatic N) is 1. The number of anilines is 2. The number of benzene rings is 1. The number of nitrogens with one attached hydrogen (secondary N) is 2. The van der Waals surface area contributed by atoms with Crippen molar-refractivity contribution in [3.63, 3.8) is 0 Å². The summed E-state index contributed by atoms with van der Waals surface area (Å²) in [6, 6.07) is 4.59. The summed E-state index contributed by atoms with van der Waals surface area (Å²) in [6.07, 6.45) is 0.907. The summed E-state index contributed by atoms with van der Waals surface area (Å²) in [7, 11) is 0. The van der Waals surface area contributed by atoms with Crippen molar-refractivity contribution >= 4 is 17.1 Å². The van der Waals surface area contributed by atoms with E-state index in [0.717, 1.165) is 13.0 Å². The molecule has 1 aromatic rings. The quantitative estimate of drug-likeness (QED) is 0.426. The topological polar surface area (TPSA) is 108 Å². The molecule has 0 radical (unpaired) electrons. The summed E-state index contributed by atoms with van der Waals surface area (Å²) >= 11 is 0. The third-order valence-electron chi connectivity index (χ3n) is 2.72. The van der Waals surface area contributed by atoms with E-state index < -0.39 is 17.1 Å². The third kappa shape index (κ3) is 5.02. The number of non-ortho nitro benzene ring substituents is 1. The predicted molar refractivity (Wildman–Crippen MR) is 78.1 cm³/mol. The Morgan fingerprint density at radius 2 is 1.90 bits per heavy atom. The van der Waals surface area contributed by atoms with Crippen LogP contribution in [0.1, 0.15) is 20.3 Å². The van der Waals surface area contributed by atoms with E-state index in [1.807, 2.05) is 6.92 Å². The molecular formula is C13H21N3O4. The molecule has 1 rings (SSSR count). The monoisotopic (exact) mass is 283 g/mol. The number of nitro benzene ring substituents is 1. The molecule has 0 heterocycles. The molecule has 1 unspecified atom stereocenters. The van der Waals surface area contributed by atoms with Crippen molar-refractivity contribution in [1.82, 2.24) is 0 Å². The molecule has 1 aromatic carbocycles. The van der Waals surface area contributed by atoms with Gasteiger partial charge in [-0.1, -0.05) is 6.92 Å². The van der Waals surface area contributed by atoms with E-state index in [-0.39, 0.29) is 12.2 Å². The van der Waals surface area contributed by atoms with Gasteiger partial charge in [0, 0.05) is 36.6 Å². The second-order valence-electron chi connectivity index (χ2n) is 4.96. The summed E-state index contributed by atoms with van der Waals surface area (Å²) in [6.45, 7) is 3.90. The Morgan fingerprint density at radius 3 is 2.40 bits per heavy atom. The zero-order valence-corrected chi connectivity index (χ0v) is 11.7. The van der Waals surface area contributed by atoms with Crippen LogP contribution in [0.3, 0.4) is 0 Å². The minimum absolute atomic E-state index is 0.0303. The van der Waals surface area contributed by atoms with E-state index in [2.05, 4.69) is 10.6 Å². The van der Waals surface area contributed by atoms with Gasteiger partial charge in [-0.05, 0) is 19.4 Å². The van der Waals surface area contributed by atoms with Gasteiger partial charge in [0.25, 0.3) is 5.69 Å². The van der Waals surface area contributed by atoms with E-state index in [4.69, 9.17) is 5.11 Å². The lowest BCUT2D eigenvalue weighted by molar-refractivity contribution is -0.384. The standard InChI is InChI=1S/C13H21N3O4/c1-3-4-14-10-5-11(7-12(6-10)16(19)20)15-8-13(2,18)9-17/h5-7,14-15,17-18H,3-4,8-9H2,1-2H3. The van der Waals surface area contributed by atoms with Crippen molar-refractivity contribution in [1.29, 1.82) is 0 Å². The molecule has 7 heteroatoms. The smallest absolute Gasteiger partial charge is 0.273 e. The van der Waals surface area contributed by atoms with Crippen LogP contribution >= 0.6 is 0 Å². The number of aliphatic hydroxyl groups excluding tert-OH is 1. The molecule has 0 aliphatic heterocycles. The minimum atomic E-state index is -1.28. The molecule has 0 amide bonds. The fraction of sp³-hybridized carbons (Fsp3) is 0.538. The highest BCUT2D eigenvalue weighted by Crippen LogP contribution is 2.24. The first-order chi connectivity index (χ1) is 9.38. The minimum Gasteiger partial charge on any atom is -0.393 e. The fourth-order valence-corrected chi connectivity index (χ4v) is 1.54. The van der Waals surface area contributed by atoms with Crippen molar-refractivity contribution in [2.75, 3.05) is 30.3 Å². The molecule has 0 bridgehead atoms. The van der Waals surface area contributed by atoms with Gasteiger partial charge in [-0.2, -0.15) is 0 Å². The Morgan fingerprint density at radius 1 is 1.30 bits per heavy atom. The predicted octanol–water partition coefficient (Wildman–Crippen LogP) is 1.57. The number of nitro groups is 1. The Labute approximate surface area is 117 Å². The molecule has 0 aliphatic carbocycles. The van der Waals surface area contributed by atoms with Gasteiger partial charge >= 0.3 is 0 Å². The number of rotatable bonds is 8. The van der Waals surface area contributed by atoms with Crippen molar-refractivity contribution in [3.05, 3.63) is 28.3 Å². The maximum absolute atomic E-state index is 10.9. The first-order valence-electron chi connectivity index (χ1n) is 6.48. The van der Waals surface area contributed by atoms with Crippen LogP contribution in [0.15, 0.2) is 18.2 Å². The van der Waals surface area contributed by atoms with Gasteiger partial charge < -0.3 is 20.8 Å². The fourth-order valence-electron chi connectivity index (χ4n) is 1.54. The summed E-state index contributed by atoms with van der Waals surface area (Å²) in [5.41, 5.74) is -0.141. The molecule has 7 nitrogen and oxygen atoms in total. The maximum atomic E-state index is 10.9. The van der Waals surface area contributed by atoms with Crippen molar-refractivity contribution < 1.29 is 15.1 Å². The van der Waals surface area contributed by atoms with Gasteiger partial charge in [0.05, 0.1) is 11.5 Å². The first kappa shape index (κ1) is 16.2. The van der Waals surface area contributed by atoms with Gasteiger partial charge in [0.2, 0.25) is 0 Å². The Hall–Kier alpha value is -1.86. The molecule has 0 spiro atoms. The first-order valence-corrected chi connectivity index (χ1v) is 6.48. The highest BCUT2D eigenvalue weighted by molar-refractivity contribution is 5.63. The zero-order chi connectivity index (χ0) is 15.2. The van der Waals surface area contributed by atoms with Crippen LogP contribution in [0.2, 0.25) is 0 Å². The van der Waals surface area contributed by atoms with Crippen molar-refractivity contribution in [2.45, 2.75) is 25.9 Å². The number of aliphatic hydroxyl groups is 2. The third-order valence-corrected chi connectivity index (χ3v) is 2.72. The van der Waals surface area contributed by atoms with Crippen LogP contribution in [-0.4, -0.2) is 40.4 Å². The van der Waals surface area contributed by atoms with E-state index in [0.29, 0.717) is 11.4 Å². The van der Waals surface area contributed by atoms with Crippen LogP contribution in [0.5, 0.6) is 0 Å². The average Bonchev–Trinajstić information content (AvgIpc) is 2.43. The van der Waals surface area contributed by atoms with Crippen LogP contribution in [-0.2, 0) is 0 Å². The Bertz CT molecular complexity index is 463. The van der Waals surface area contributed by atoms with Crippen LogP contribution < -0.4 is 10.6 Å². The maximum Gasteiger partial charge on any atom is 0.273 e. The summed E-state index contributed by atoms with van der Waals surface area (Å²) < 4.78 is 0. The highest BCUT2D eigenvalue weighted by Gasteiger charge is 2.19. The molecule has 4 N–H and O–H groups in total. The molecule has 0 aromatic heterocycles. The van der Waals surface area contributed by atoms with Gasteiger partial charge in [-0.15, -0.1) is 0 Å². The second kappa shape index (κ2) is 7.06. The summed E-state index contributed by atoms with van der Waals surface area (Å²) in [5, 5.41) is 35.6. The number of hydrogen-bond donors (Lipinski definition) is 4. The molecule has 0 fully saturated rings. The summed E-state index contributed by atoms with van der Waals surface area (Å²) in [5.74, 6) is 0. The van der Waals surface area contributed by atoms with Crippen molar-refractivity contribution in [3.8, 4) is 0 Å². The van der Waals surface area contributed by atoms with Gasteiger partial charge in [-0.3, -0.25) is 10.1 Å². The molecule has 20 heavy (non-hydrogen) atoms. The van der Waals surface area contributed by atoms with Crippen molar-refractivity contribution in [2.24, 2.45) is 0 Å². The normalized spacial score (nSPS) is 13.6. The highest BCUT2D eigenvalue weighted by atomic mass is 16.6. The largest absolute Gasteiger partial charge is 0.393 e. The molecule has 0 aliphatic rings. The second-order valence-corrected chi connectivity index (χ2v) is 4.96. The van der Waals surface area contributed by atoms with Gasteiger partial charge in [0.15, 0.2) is 0 Å². The lowest BCUT2D eigenvalue weighted by Gasteiger charge is -2.21. The lowest BCUT2D eigenvalue weighted by Crippen LogP contribution is -2.37. The number of hydrogen-bond acceptors (Lipinski definition) is 6. The SMILES string of the molecule is CCCNc1cc(NCC(C)(O)CO)cc([N+](=O)[O-])c1. The molecule has 1 atom stereocenters. The van der Waals surface area contributed by atoms with Gasteiger partial charge in [-0.25, -0.2) is 0 Å². The molecule has 112 valence electrons. The molecule has 0 saturated carbocycles. The average molecular weight is 283 g/mol. The molecule has 0 saturated heterocycles. The van der Waals surface area contributed by atoms with E-state index in [9.17, 15) is 15.2 Å². The van der Waals surface area contributed by atoms with E-state index in [1.165, 1.54) is 19.1 Å². The van der Waals surface area contributed by atoms with Crippen LogP contribution in [0.25, 0.3) is 0 Å². The van der Waals surface area contributed by atoms with Crippen LogP contribution in [0, 0.1) is 10.1 Å². The zero-order valence-electron chi connectivity index (χ0n) is 11.7. The molecular weight excluding hydrogens is 262 g/mol. The Balaban J connectivity index is 2.88. The van der Waals surface area contributed by atoms with Gasteiger partial charge in [0.1, 0.15) is 5.60 Å². The van der Waals surface area contributed by atoms with E-state index in [1.54, 1.807) is 6.07 Å². The van der Waals surface area contributed by atoms with E-state index >= 15 is 0 Å². The van der Waals surface area contributed by atoms with Crippen LogP contribution in [0.4, 0.5) is 17.1 Å².